The van der Waals surface area contributed by atoms with Crippen LogP contribution < -0.4 is 9.47 Å². The number of rotatable bonds is 4. The molecule has 2 aromatic rings. The fourth-order valence-corrected chi connectivity index (χ4v) is 2.73. The van der Waals surface area contributed by atoms with Crippen molar-refractivity contribution in [1.82, 2.24) is 0 Å². The van der Waals surface area contributed by atoms with Crippen molar-refractivity contribution in [2.75, 3.05) is 6.61 Å². The van der Waals surface area contributed by atoms with E-state index in [0.29, 0.717) is 22.9 Å². The van der Waals surface area contributed by atoms with Gasteiger partial charge in [-0.05, 0) is 30.7 Å². The number of benzene rings is 2. The summed E-state index contributed by atoms with van der Waals surface area (Å²) in [5, 5.41) is 0.436. The Balaban J connectivity index is 1.69. The highest BCUT2D eigenvalue weighted by Crippen LogP contribution is 2.31. The second-order valence-electron chi connectivity index (χ2n) is 5.14. The summed E-state index contributed by atoms with van der Waals surface area (Å²) < 4.78 is 11.6. The van der Waals surface area contributed by atoms with Gasteiger partial charge in [0.15, 0.2) is 6.29 Å². The molecule has 1 heterocycles. The molecule has 108 valence electrons. The minimum atomic E-state index is -0.0578. The van der Waals surface area contributed by atoms with Crippen LogP contribution in [0.25, 0.3) is 0 Å². The average Bonchev–Trinajstić information content (AvgIpc) is 2.87. The number of aryl methyl sites for hydroxylation is 1. The summed E-state index contributed by atoms with van der Waals surface area (Å²) in [6, 6.07) is 11.3. The van der Waals surface area contributed by atoms with Gasteiger partial charge in [0, 0.05) is 6.42 Å². The fourth-order valence-electron chi connectivity index (χ4n) is 2.49. The highest BCUT2D eigenvalue weighted by molar-refractivity contribution is 6.32. The van der Waals surface area contributed by atoms with Gasteiger partial charge in [-0.2, -0.15) is 0 Å². The Hall–Kier alpha value is -2.00. The Morgan fingerprint density at radius 3 is 3.05 bits per heavy atom. The molecule has 21 heavy (non-hydrogen) atoms. The van der Waals surface area contributed by atoms with E-state index in [0.717, 1.165) is 18.5 Å². The SMILES string of the molecule is Cc1ccc2c(c1)CC(COc1c(Cl)cccc1C=O)O2. The minimum absolute atomic E-state index is 0.0578. The van der Waals surface area contributed by atoms with Crippen LogP contribution >= 0.6 is 11.6 Å². The Kier molecular flexibility index (Phi) is 3.84. The summed E-state index contributed by atoms with van der Waals surface area (Å²) in [7, 11) is 0. The van der Waals surface area contributed by atoms with E-state index in [1.54, 1.807) is 18.2 Å². The van der Waals surface area contributed by atoms with Crippen molar-refractivity contribution >= 4 is 17.9 Å². The van der Waals surface area contributed by atoms with E-state index in [1.165, 1.54) is 11.1 Å². The van der Waals surface area contributed by atoms with Crippen LogP contribution in [0.15, 0.2) is 36.4 Å². The first-order chi connectivity index (χ1) is 10.2. The van der Waals surface area contributed by atoms with Crippen molar-refractivity contribution in [2.45, 2.75) is 19.4 Å². The van der Waals surface area contributed by atoms with Crippen molar-refractivity contribution in [3.63, 3.8) is 0 Å². The molecule has 1 aliphatic rings. The standard InChI is InChI=1S/C17H15ClO3/c1-11-5-6-16-13(7-11)8-14(21-16)10-20-17-12(9-19)3-2-4-15(17)18/h2-7,9,14H,8,10H2,1H3. The molecule has 0 fully saturated rings. The highest BCUT2D eigenvalue weighted by atomic mass is 35.5. The fraction of sp³-hybridized carbons (Fsp3) is 0.235. The number of para-hydroxylation sites is 1. The molecule has 1 atom stereocenters. The van der Waals surface area contributed by atoms with Crippen LogP contribution in [0.1, 0.15) is 21.5 Å². The summed E-state index contributed by atoms with van der Waals surface area (Å²) >= 11 is 6.08. The van der Waals surface area contributed by atoms with Gasteiger partial charge in [-0.3, -0.25) is 4.79 Å². The molecule has 0 bridgehead atoms. The van der Waals surface area contributed by atoms with Crippen LogP contribution in [-0.4, -0.2) is 19.0 Å². The summed E-state index contributed by atoms with van der Waals surface area (Å²) in [4.78, 5) is 11.0. The van der Waals surface area contributed by atoms with Crippen molar-refractivity contribution in [2.24, 2.45) is 0 Å². The Morgan fingerprint density at radius 1 is 1.38 bits per heavy atom. The topological polar surface area (TPSA) is 35.5 Å². The van der Waals surface area contributed by atoms with Crippen molar-refractivity contribution in [3.8, 4) is 11.5 Å². The maximum Gasteiger partial charge on any atom is 0.153 e. The van der Waals surface area contributed by atoms with Crippen LogP contribution in [0, 0.1) is 6.92 Å². The third-order valence-electron chi connectivity index (χ3n) is 3.50. The molecule has 0 spiro atoms. The van der Waals surface area contributed by atoms with Gasteiger partial charge >= 0.3 is 0 Å². The second kappa shape index (κ2) is 5.78. The van der Waals surface area contributed by atoms with E-state index in [-0.39, 0.29) is 6.10 Å². The zero-order valence-electron chi connectivity index (χ0n) is 11.6. The number of ether oxygens (including phenoxy) is 2. The predicted molar refractivity (Wildman–Crippen MR) is 81.6 cm³/mol. The number of hydrogen-bond donors (Lipinski definition) is 0. The lowest BCUT2D eigenvalue weighted by Crippen LogP contribution is -2.22. The van der Waals surface area contributed by atoms with E-state index in [4.69, 9.17) is 21.1 Å². The van der Waals surface area contributed by atoms with Gasteiger partial charge in [0.2, 0.25) is 0 Å². The quantitative estimate of drug-likeness (QED) is 0.805. The number of carbonyl (C=O) groups excluding carboxylic acids is 1. The Morgan fingerprint density at radius 2 is 2.24 bits per heavy atom. The first-order valence-corrected chi connectivity index (χ1v) is 7.18. The normalized spacial score (nSPS) is 16.2. The summed E-state index contributed by atoms with van der Waals surface area (Å²) in [5.41, 5.74) is 2.86. The first-order valence-electron chi connectivity index (χ1n) is 6.80. The van der Waals surface area contributed by atoms with Crippen molar-refractivity contribution in [1.29, 1.82) is 0 Å². The number of fused-ring (bicyclic) bond motifs is 1. The Labute approximate surface area is 128 Å². The van der Waals surface area contributed by atoms with Gasteiger partial charge in [0.05, 0.1) is 10.6 Å². The lowest BCUT2D eigenvalue weighted by Gasteiger charge is -2.14. The molecular weight excluding hydrogens is 288 g/mol. The second-order valence-corrected chi connectivity index (χ2v) is 5.55. The molecule has 1 aliphatic heterocycles. The molecule has 0 radical (unpaired) electrons. The average molecular weight is 303 g/mol. The third-order valence-corrected chi connectivity index (χ3v) is 3.79. The van der Waals surface area contributed by atoms with Gasteiger partial charge in [0.25, 0.3) is 0 Å². The Bertz CT molecular complexity index is 682. The van der Waals surface area contributed by atoms with Gasteiger partial charge < -0.3 is 9.47 Å². The van der Waals surface area contributed by atoms with Gasteiger partial charge in [-0.1, -0.05) is 35.4 Å². The molecule has 0 saturated heterocycles. The van der Waals surface area contributed by atoms with Gasteiger partial charge in [0.1, 0.15) is 24.2 Å². The zero-order valence-corrected chi connectivity index (χ0v) is 12.4. The zero-order chi connectivity index (χ0) is 14.8. The molecule has 3 rings (SSSR count). The maximum atomic E-state index is 11.0. The number of aldehydes is 1. The van der Waals surface area contributed by atoms with E-state index >= 15 is 0 Å². The number of hydrogen-bond acceptors (Lipinski definition) is 3. The molecule has 0 saturated carbocycles. The monoisotopic (exact) mass is 302 g/mol. The largest absolute Gasteiger partial charge is 0.487 e. The number of carbonyl (C=O) groups is 1. The van der Waals surface area contributed by atoms with Crippen LogP contribution in [0.2, 0.25) is 5.02 Å². The molecule has 1 unspecified atom stereocenters. The molecule has 2 aromatic carbocycles. The highest BCUT2D eigenvalue weighted by Gasteiger charge is 2.24. The van der Waals surface area contributed by atoms with Crippen LogP contribution in [0.5, 0.6) is 11.5 Å². The number of halogens is 1. The van der Waals surface area contributed by atoms with Crippen molar-refractivity contribution < 1.29 is 14.3 Å². The van der Waals surface area contributed by atoms with Gasteiger partial charge in [-0.15, -0.1) is 0 Å². The van der Waals surface area contributed by atoms with Crippen LogP contribution in [0.4, 0.5) is 0 Å². The van der Waals surface area contributed by atoms with E-state index in [9.17, 15) is 4.79 Å². The molecular formula is C17H15ClO3. The lowest BCUT2D eigenvalue weighted by molar-refractivity contribution is 0.111. The van der Waals surface area contributed by atoms with Gasteiger partial charge in [-0.25, -0.2) is 0 Å². The summed E-state index contributed by atoms with van der Waals surface area (Å²) in [6.45, 7) is 2.42. The van der Waals surface area contributed by atoms with E-state index in [1.807, 2.05) is 12.1 Å². The van der Waals surface area contributed by atoms with Crippen LogP contribution in [-0.2, 0) is 6.42 Å². The molecule has 0 aliphatic carbocycles. The molecule has 0 N–H and O–H groups in total. The van der Waals surface area contributed by atoms with Crippen molar-refractivity contribution in [3.05, 3.63) is 58.1 Å². The van der Waals surface area contributed by atoms with E-state index < -0.39 is 0 Å². The van der Waals surface area contributed by atoms with Crippen LogP contribution in [0.3, 0.4) is 0 Å². The van der Waals surface area contributed by atoms with E-state index in [2.05, 4.69) is 13.0 Å². The smallest absolute Gasteiger partial charge is 0.153 e. The third kappa shape index (κ3) is 2.88. The predicted octanol–water partition coefficient (Wildman–Crippen LogP) is 3.84. The maximum absolute atomic E-state index is 11.0. The molecule has 0 amide bonds. The summed E-state index contributed by atoms with van der Waals surface area (Å²) in [5.74, 6) is 1.33. The first kappa shape index (κ1) is 14.0. The lowest BCUT2D eigenvalue weighted by atomic mass is 10.1. The molecule has 3 nitrogen and oxygen atoms in total. The molecule has 4 heteroatoms. The molecule has 0 aromatic heterocycles. The minimum Gasteiger partial charge on any atom is -0.487 e. The summed E-state index contributed by atoms with van der Waals surface area (Å²) in [6.07, 6.45) is 1.49.